The molecule has 19 heavy (non-hydrogen) atoms. The molecule has 1 atom stereocenters. The van der Waals surface area contributed by atoms with Crippen molar-refractivity contribution in [2.45, 2.75) is 45.8 Å². The number of carbonyl (C=O) groups excluding carboxylic acids is 2. The molecule has 1 rings (SSSR count). The van der Waals surface area contributed by atoms with Crippen LogP contribution in [0.25, 0.3) is 0 Å². The van der Waals surface area contributed by atoms with Gasteiger partial charge in [-0.1, -0.05) is 0 Å². The Bertz CT molecular complexity index is 325. The fourth-order valence-corrected chi connectivity index (χ4v) is 1.92. The van der Waals surface area contributed by atoms with E-state index in [0.29, 0.717) is 26.2 Å². The molecule has 0 aromatic rings. The fourth-order valence-electron chi connectivity index (χ4n) is 1.92. The van der Waals surface area contributed by atoms with E-state index < -0.39 is 5.60 Å². The molecule has 1 aliphatic heterocycles. The summed E-state index contributed by atoms with van der Waals surface area (Å²) in [6.45, 7) is 9.43. The number of rotatable bonds is 3. The van der Waals surface area contributed by atoms with E-state index >= 15 is 0 Å². The lowest BCUT2D eigenvalue weighted by molar-refractivity contribution is -0.144. The van der Waals surface area contributed by atoms with E-state index in [1.165, 1.54) is 0 Å². The van der Waals surface area contributed by atoms with Gasteiger partial charge < -0.3 is 19.7 Å². The van der Waals surface area contributed by atoms with Gasteiger partial charge in [0.1, 0.15) is 5.60 Å². The van der Waals surface area contributed by atoms with Crippen molar-refractivity contribution in [3.63, 3.8) is 0 Å². The summed E-state index contributed by atoms with van der Waals surface area (Å²) < 4.78 is 10.3. The highest BCUT2D eigenvalue weighted by atomic mass is 16.6. The van der Waals surface area contributed by atoms with Crippen molar-refractivity contribution >= 4 is 12.1 Å². The number of amides is 1. The Balaban J connectivity index is 2.61. The largest absolute Gasteiger partial charge is 0.466 e. The molecule has 1 heterocycles. The van der Waals surface area contributed by atoms with E-state index in [1.807, 2.05) is 20.8 Å². The molecule has 1 fully saturated rings. The molecule has 0 bridgehead atoms. The van der Waals surface area contributed by atoms with E-state index in [1.54, 1.807) is 11.8 Å². The van der Waals surface area contributed by atoms with Gasteiger partial charge in [-0.2, -0.15) is 0 Å². The molecule has 0 saturated carbocycles. The first kappa shape index (κ1) is 15.8. The molecule has 0 spiro atoms. The lowest BCUT2D eigenvalue weighted by atomic mass is 10.1. The third-order valence-corrected chi connectivity index (χ3v) is 2.69. The van der Waals surface area contributed by atoms with Crippen LogP contribution in [0, 0.1) is 0 Å². The zero-order valence-corrected chi connectivity index (χ0v) is 12.2. The van der Waals surface area contributed by atoms with E-state index in [2.05, 4.69) is 5.32 Å². The van der Waals surface area contributed by atoms with Crippen molar-refractivity contribution in [3.05, 3.63) is 0 Å². The topological polar surface area (TPSA) is 67.9 Å². The summed E-state index contributed by atoms with van der Waals surface area (Å²) >= 11 is 0. The monoisotopic (exact) mass is 272 g/mol. The van der Waals surface area contributed by atoms with Crippen molar-refractivity contribution in [3.8, 4) is 0 Å². The Morgan fingerprint density at radius 1 is 1.37 bits per heavy atom. The van der Waals surface area contributed by atoms with Crippen LogP contribution in [-0.4, -0.2) is 54.8 Å². The van der Waals surface area contributed by atoms with Crippen molar-refractivity contribution in [2.75, 3.05) is 26.2 Å². The number of carbonyl (C=O) groups is 2. The summed E-state index contributed by atoms with van der Waals surface area (Å²) in [6.07, 6.45) is -0.177. The molecule has 1 amide bonds. The average molecular weight is 272 g/mol. The predicted molar refractivity (Wildman–Crippen MR) is 70.8 cm³/mol. The van der Waals surface area contributed by atoms with Crippen LogP contribution in [0.1, 0.15) is 34.1 Å². The fraction of sp³-hybridized carbons (Fsp3) is 0.846. The third kappa shape index (κ3) is 5.46. The maximum absolute atomic E-state index is 12.1. The Kier molecular flexibility index (Phi) is 5.60. The van der Waals surface area contributed by atoms with Gasteiger partial charge in [0.05, 0.1) is 19.1 Å². The lowest BCUT2D eigenvalue weighted by Gasteiger charge is -2.36. The van der Waals surface area contributed by atoms with Crippen LogP contribution in [0.3, 0.4) is 0 Å². The van der Waals surface area contributed by atoms with Crippen molar-refractivity contribution in [1.82, 2.24) is 10.2 Å². The highest BCUT2D eigenvalue weighted by Gasteiger charge is 2.31. The molecule has 0 aromatic carbocycles. The second-order valence-electron chi connectivity index (χ2n) is 5.54. The minimum atomic E-state index is -0.531. The van der Waals surface area contributed by atoms with Crippen LogP contribution < -0.4 is 5.32 Å². The van der Waals surface area contributed by atoms with Gasteiger partial charge >= 0.3 is 12.1 Å². The quantitative estimate of drug-likeness (QED) is 0.781. The number of hydrogen-bond acceptors (Lipinski definition) is 5. The molecule has 0 aromatic heterocycles. The number of esters is 1. The number of ether oxygens (including phenoxy) is 2. The van der Waals surface area contributed by atoms with Crippen LogP contribution >= 0.6 is 0 Å². The Labute approximate surface area is 114 Å². The number of piperazine rings is 1. The Morgan fingerprint density at radius 2 is 2.05 bits per heavy atom. The minimum absolute atomic E-state index is 0.195. The summed E-state index contributed by atoms with van der Waals surface area (Å²) in [7, 11) is 0. The van der Waals surface area contributed by atoms with Crippen LogP contribution in [-0.2, 0) is 14.3 Å². The maximum atomic E-state index is 12.1. The minimum Gasteiger partial charge on any atom is -0.466 e. The smallest absolute Gasteiger partial charge is 0.410 e. The third-order valence-electron chi connectivity index (χ3n) is 2.69. The van der Waals surface area contributed by atoms with Crippen molar-refractivity contribution in [1.29, 1.82) is 0 Å². The van der Waals surface area contributed by atoms with E-state index in [4.69, 9.17) is 9.47 Å². The van der Waals surface area contributed by atoms with E-state index in [9.17, 15) is 9.59 Å². The molecular weight excluding hydrogens is 248 g/mol. The summed E-state index contributed by atoms with van der Waals surface area (Å²) in [5, 5.41) is 3.17. The van der Waals surface area contributed by atoms with Gasteiger partial charge in [0.15, 0.2) is 0 Å². The summed E-state index contributed by atoms with van der Waals surface area (Å²) in [6, 6.07) is -0.206. The van der Waals surface area contributed by atoms with Gasteiger partial charge in [-0.25, -0.2) is 4.79 Å². The maximum Gasteiger partial charge on any atom is 0.410 e. The van der Waals surface area contributed by atoms with E-state index in [-0.39, 0.29) is 24.5 Å². The summed E-state index contributed by atoms with van der Waals surface area (Å²) in [4.78, 5) is 25.2. The molecule has 1 N–H and O–H groups in total. The highest BCUT2D eigenvalue weighted by Crippen LogP contribution is 2.15. The van der Waals surface area contributed by atoms with Crippen molar-refractivity contribution < 1.29 is 19.1 Å². The van der Waals surface area contributed by atoms with Gasteiger partial charge in [-0.15, -0.1) is 0 Å². The van der Waals surface area contributed by atoms with Crippen molar-refractivity contribution in [2.24, 2.45) is 0 Å². The average Bonchev–Trinajstić information content (AvgIpc) is 2.27. The number of nitrogens with one attached hydrogen (secondary N) is 1. The zero-order chi connectivity index (χ0) is 14.5. The second-order valence-corrected chi connectivity index (χ2v) is 5.54. The molecule has 0 radical (unpaired) electrons. The molecule has 0 aliphatic carbocycles. The normalized spacial score (nSPS) is 20.0. The van der Waals surface area contributed by atoms with Gasteiger partial charge in [0.25, 0.3) is 0 Å². The number of nitrogens with zero attached hydrogens (tertiary/aromatic N) is 1. The van der Waals surface area contributed by atoms with Crippen LogP contribution in [0.5, 0.6) is 0 Å². The van der Waals surface area contributed by atoms with Gasteiger partial charge in [-0.3, -0.25) is 4.79 Å². The molecule has 110 valence electrons. The first-order valence-corrected chi connectivity index (χ1v) is 6.69. The molecule has 1 unspecified atom stereocenters. The standard InChI is InChI=1S/C13H24N2O4/c1-5-18-11(16)8-10-9-14-6-7-15(10)12(17)19-13(2,3)4/h10,14H,5-9H2,1-4H3. The summed E-state index contributed by atoms with van der Waals surface area (Å²) in [5.74, 6) is -0.287. The lowest BCUT2D eigenvalue weighted by Crippen LogP contribution is -2.55. The van der Waals surface area contributed by atoms with Gasteiger partial charge in [-0.05, 0) is 27.7 Å². The molecule has 6 heteroatoms. The highest BCUT2D eigenvalue weighted by molar-refractivity contribution is 5.73. The molecular formula is C13H24N2O4. The van der Waals surface area contributed by atoms with E-state index in [0.717, 1.165) is 0 Å². The Hall–Kier alpha value is -1.30. The molecule has 6 nitrogen and oxygen atoms in total. The number of hydrogen-bond donors (Lipinski definition) is 1. The first-order chi connectivity index (χ1) is 8.83. The Morgan fingerprint density at radius 3 is 2.63 bits per heavy atom. The van der Waals surface area contributed by atoms with Gasteiger partial charge in [0, 0.05) is 19.6 Å². The van der Waals surface area contributed by atoms with Crippen LogP contribution in [0.4, 0.5) is 4.79 Å². The van der Waals surface area contributed by atoms with Crippen LogP contribution in [0.2, 0.25) is 0 Å². The molecule has 1 saturated heterocycles. The predicted octanol–water partition coefficient (Wildman–Crippen LogP) is 1.15. The van der Waals surface area contributed by atoms with Gasteiger partial charge in [0.2, 0.25) is 0 Å². The van der Waals surface area contributed by atoms with Crippen LogP contribution in [0.15, 0.2) is 0 Å². The molecule has 1 aliphatic rings. The second kappa shape index (κ2) is 6.75. The summed E-state index contributed by atoms with van der Waals surface area (Å²) in [5.41, 5.74) is -0.531. The first-order valence-electron chi connectivity index (χ1n) is 6.69. The zero-order valence-electron chi connectivity index (χ0n) is 12.2. The SMILES string of the molecule is CCOC(=O)CC1CNCCN1C(=O)OC(C)(C)C.